The van der Waals surface area contributed by atoms with Gasteiger partial charge in [0.05, 0.1) is 0 Å². The lowest BCUT2D eigenvalue weighted by Crippen LogP contribution is -2.28. The van der Waals surface area contributed by atoms with Crippen LogP contribution in [-0.4, -0.2) is 12.6 Å². The monoisotopic (exact) mass is 298 g/mol. The first-order chi connectivity index (χ1) is 9.52. The molecule has 20 heavy (non-hydrogen) atoms. The molecule has 0 bridgehead atoms. The van der Waals surface area contributed by atoms with Crippen molar-refractivity contribution in [1.82, 2.24) is 5.32 Å². The zero-order chi connectivity index (χ0) is 15.0. The van der Waals surface area contributed by atoms with Crippen LogP contribution in [0.4, 0.5) is 19.3 Å². The fourth-order valence-electron chi connectivity index (χ4n) is 1.27. The summed E-state index contributed by atoms with van der Waals surface area (Å²) in [6.07, 6.45) is 0. The molecule has 2 N–H and O–H groups in total. The van der Waals surface area contributed by atoms with Gasteiger partial charge in [0.15, 0.2) is 11.6 Å². The Morgan fingerprint density at radius 1 is 1.25 bits per heavy atom. The summed E-state index contributed by atoms with van der Waals surface area (Å²) in [6, 6.07) is 6.87. The van der Waals surface area contributed by atoms with Gasteiger partial charge in [-0.3, -0.25) is 0 Å². The van der Waals surface area contributed by atoms with Gasteiger partial charge in [0, 0.05) is 23.2 Å². The number of rotatable bonds is 2. The summed E-state index contributed by atoms with van der Waals surface area (Å²) in [4.78, 5) is 12.4. The number of nitrogens with one attached hydrogen (secondary N) is 2. The second kappa shape index (κ2) is 8.27. The van der Waals surface area contributed by atoms with Crippen molar-refractivity contribution in [2.24, 2.45) is 0 Å². The number of hydrogen-bond acceptors (Lipinski definition) is 2. The Morgan fingerprint density at radius 3 is 2.45 bits per heavy atom. The molecule has 2 amide bonds. The summed E-state index contributed by atoms with van der Waals surface area (Å²) in [7, 11) is 0. The maximum Gasteiger partial charge on any atom is 0.319 e. The zero-order valence-corrected chi connectivity index (χ0v) is 12.1. The first kappa shape index (κ1) is 16.1. The van der Waals surface area contributed by atoms with Gasteiger partial charge in [0.2, 0.25) is 0 Å². The molecule has 0 fully saturated rings. The molecule has 0 saturated heterocycles. The molecule has 0 spiro atoms. The first-order valence-electron chi connectivity index (χ1n) is 6.03. The quantitative estimate of drug-likeness (QED) is 0.858. The van der Waals surface area contributed by atoms with Crippen LogP contribution in [0.2, 0.25) is 0 Å². The number of halogens is 2. The van der Waals surface area contributed by atoms with E-state index in [-0.39, 0.29) is 5.69 Å². The summed E-state index contributed by atoms with van der Waals surface area (Å²) in [5, 5.41) is 6.89. The van der Waals surface area contributed by atoms with Gasteiger partial charge in [0.1, 0.15) is 0 Å². The number of carbonyl (C=O) groups is 1. The molecule has 6 heteroatoms. The predicted octanol–water partition coefficient (Wildman–Crippen LogP) is 4.16. The topological polar surface area (TPSA) is 41.1 Å². The Bertz CT molecular complexity index is 544. The minimum Gasteiger partial charge on any atom is -0.338 e. The average Bonchev–Trinajstić information content (AvgIpc) is 2.86. The van der Waals surface area contributed by atoms with Gasteiger partial charge >= 0.3 is 6.03 Å². The molecule has 3 nitrogen and oxygen atoms in total. The molecule has 0 saturated carbocycles. The van der Waals surface area contributed by atoms with E-state index in [1.54, 1.807) is 18.3 Å². The number of amides is 2. The van der Waals surface area contributed by atoms with Crippen molar-refractivity contribution in [3.8, 4) is 0 Å². The van der Waals surface area contributed by atoms with Crippen LogP contribution in [0.25, 0.3) is 0 Å². The summed E-state index contributed by atoms with van der Waals surface area (Å²) in [5.41, 5.74) is 0.217. The summed E-state index contributed by atoms with van der Waals surface area (Å²) < 4.78 is 25.1. The molecule has 2 rings (SSSR count). The number of aryl methyl sites for hydroxylation is 1. The second-order valence-corrected chi connectivity index (χ2v) is 4.99. The van der Waals surface area contributed by atoms with E-state index >= 15 is 0 Å². The Hall–Kier alpha value is -1.95. The molecule has 0 unspecified atom stereocenters. The van der Waals surface area contributed by atoms with Gasteiger partial charge < -0.3 is 10.6 Å². The summed E-state index contributed by atoms with van der Waals surface area (Å²) in [6.45, 7) is 4.32. The van der Waals surface area contributed by atoms with Crippen molar-refractivity contribution in [2.75, 3.05) is 11.9 Å². The fraction of sp³-hybridized carbons (Fsp3) is 0.214. The van der Waals surface area contributed by atoms with Crippen LogP contribution in [0.5, 0.6) is 0 Å². The van der Waals surface area contributed by atoms with Crippen LogP contribution < -0.4 is 10.6 Å². The molecular formula is C14H16F2N2OS. The van der Waals surface area contributed by atoms with Crippen molar-refractivity contribution >= 4 is 23.1 Å². The number of carbonyl (C=O) groups excluding carboxylic acids is 1. The van der Waals surface area contributed by atoms with Crippen molar-refractivity contribution in [3.63, 3.8) is 0 Å². The van der Waals surface area contributed by atoms with Crippen LogP contribution >= 0.6 is 11.3 Å². The molecule has 2 aromatic rings. The highest BCUT2D eigenvalue weighted by molar-refractivity contribution is 7.09. The molecule has 1 aromatic carbocycles. The SMILES string of the molecule is CCNC(=O)Nc1ccc(F)c(F)c1.Cc1cccs1. The van der Waals surface area contributed by atoms with Gasteiger partial charge in [-0.15, -0.1) is 11.3 Å². The maximum absolute atomic E-state index is 12.7. The van der Waals surface area contributed by atoms with Gasteiger partial charge in [-0.05, 0) is 37.4 Å². The smallest absolute Gasteiger partial charge is 0.319 e. The van der Waals surface area contributed by atoms with E-state index in [0.717, 1.165) is 12.1 Å². The lowest BCUT2D eigenvalue weighted by molar-refractivity contribution is 0.252. The van der Waals surface area contributed by atoms with Crippen molar-refractivity contribution in [3.05, 3.63) is 52.2 Å². The molecule has 1 heterocycles. The highest BCUT2D eigenvalue weighted by atomic mass is 32.1. The molecular weight excluding hydrogens is 282 g/mol. The Kier molecular flexibility index (Phi) is 6.66. The van der Waals surface area contributed by atoms with Crippen LogP contribution in [0.15, 0.2) is 35.7 Å². The minimum absolute atomic E-state index is 0.217. The molecule has 1 aromatic heterocycles. The van der Waals surface area contributed by atoms with Crippen LogP contribution in [0.3, 0.4) is 0 Å². The normalized spacial score (nSPS) is 9.40. The number of hydrogen-bond donors (Lipinski definition) is 2. The third-order valence-corrected chi connectivity index (χ3v) is 2.98. The highest BCUT2D eigenvalue weighted by Crippen LogP contribution is 2.12. The average molecular weight is 298 g/mol. The van der Waals surface area contributed by atoms with E-state index in [4.69, 9.17) is 0 Å². The van der Waals surface area contributed by atoms with E-state index in [2.05, 4.69) is 35.1 Å². The lowest BCUT2D eigenvalue weighted by Gasteiger charge is -2.05. The second-order valence-electron chi connectivity index (χ2n) is 3.84. The number of thiophene rings is 1. The third-order valence-electron chi connectivity index (χ3n) is 2.18. The Balaban J connectivity index is 0.000000276. The van der Waals surface area contributed by atoms with Gasteiger partial charge in [-0.1, -0.05) is 6.07 Å². The predicted molar refractivity (Wildman–Crippen MR) is 78.1 cm³/mol. The Morgan fingerprint density at radius 2 is 2.00 bits per heavy atom. The van der Waals surface area contributed by atoms with Crippen molar-refractivity contribution in [1.29, 1.82) is 0 Å². The summed E-state index contributed by atoms with van der Waals surface area (Å²) in [5.74, 6) is -1.93. The zero-order valence-electron chi connectivity index (χ0n) is 11.2. The van der Waals surface area contributed by atoms with E-state index in [0.29, 0.717) is 6.54 Å². The molecule has 108 valence electrons. The molecule has 0 radical (unpaired) electrons. The maximum atomic E-state index is 12.7. The summed E-state index contributed by atoms with van der Waals surface area (Å²) >= 11 is 1.78. The van der Waals surface area contributed by atoms with Crippen molar-refractivity contribution < 1.29 is 13.6 Å². The molecule has 0 aliphatic rings. The van der Waals surface area contributed by atoms with Crippen LogP contribution in [-0.2, 0) is 0 Å². The minimum atomic E-state index is -0.987. The standard InChI is InChI=1S/C9H10F2N2O.C5H6S/c1-2-12-9(14)13-6-3-4-7(10)8(11)5-6;1-5-3-2-4-6-5/h3-5H,2H2,1H3,(H2,12,13,14);2-4H,1H3. The lowest BCUT2D eigenvalue weighted by atomic mass is 10.3. The molecule has 0 aliphatic carbocycles. The number of benzene rings is 1. The van der Waals surface area contributed by atoms with E-state index in [1.165, 1.54) is 10.9 Å². The largest absolute Gasteiger partial charge is 0.338 e. The molecule has 0 aliphatic heterocycles. The third kappa shape index (κ3) is 5.79. The number of anilines is 1. The Labute approximate surface area is 120 Å². The van der Waals surface area contributed by atoms with Gasteiger partial charge in [-0.2, -0.15) is 0 Å². The van der Waals surface area contributed by atoms with E-state index in [9.17, 15) is 13.6 Å². The van der Waals surface area contributed by atoms with Crippen LogP contribution in [0.1, 0.15) is 11.8 Å². The van der Waals surface area contributed by atoms with E-state index < -0.39 is 17.7 Å². The van der Waals surface area contributed by atoms with Crippen LogP contribution in [0, 0.1) is 18.6 Å². The van der Waals surface area contributed by atoms with Crippen molar-refractivity contribution in [2.45, 2.75) is 13.8 Å². The van der Waals surface area contributed by atoms with Gasteiger partial charge in [-0.25, -0.2) is 13.6 Å². The molecule has 0 atom stereocenters. The van der Waals surface area contributed by atoms with E-state index in [1.807, 2.05) is 0 Å². The number of urea groups is 1. The first-order valence-corrected chi connectivity index (χ1v) is 6.91. The fourth-order valence-corrected chi connectivity index (χ4v) is 1.80. The highest BCUT2D eigenvalue weighted by Gasteiger charge is 2.04. The van der Waals surface area contributed by atoms with Gasteiger partial charge in [0.25, 0.3) is 0 Å².